The first kappa shape index (κ1) is 21.4. The Bertz CT molecular complexity index is 536. The van der Waals surface area contributed by atoms with Crippen molar-refractivity contribution in [1.29, 1.82) is 0 Å². The second-order valence-electron chi connectivity index (χ2n) is 6.98. The summed E-state index contributed by atoms with van der Waals surface area (Å²) in [6.45, 7) is 11.5. The van der Waals surface area contributed by atoms with E-state index in [1.165, 1.54) is 11.3 Å². The Morgan fingerprint density at radius 3 is 2.36 bits per heavy atom. The summed E-state index contributed by atoms with van der Waals surface area (Å²) >= 11 is 1.43. The van der Waals surface area contributed by atoms with Crippen molar-refractivity contribution in [3.63, 3.8) is 0 Å². The molecule has 1 aromatic rings. The molecule has 0 aromatic carbocycles. The highest BCUT2D eigenvalue weighted by Crippen LogP contribution is 2.24. The van der Waals surface area contributed by atoms with Crippen molar-refractivity contribution in [2.24, 2.45) is 0 Å². The van der Waals surface area contributed by atoms with Crippen molar-refractivity contribution in [1.82, 2.24) is 10.3 Å². The molecule has 142 valence electrons. The maximum Gasteiger partial charge on any atom is 0.408 e. The largest absolute Gasteiger partial charge is 0.444 e. The molecule has 0 fully saturated rings. The summed E-state index contributed by atoms with van der Waals surface area (Å²) < 4.78 is 5.31. The van der Waals surface area contributed by atoms with Gasteiger partial charge in [-0.3, -0.25) is 9.69 Å². The summed E-state index contributed by atoms with van der Waals surface area (Å²) in [5.41, 5.74) is -0.603. The summed E-state index contributed by atoms with van der Waals surface area (Å²) in [4.78, 5) is 31.4. The lowest BCUT2D eigenvalue weighted by atomic mass is 10.1. The molecule has 0 spiro atoms. The number of nitrogens with zero attached hydrogens (tertiary/aromatic N) is 2. The molecule has 1 rings (SSSR count). The Morgan fingerprint density at radius 2 is 1.92 bits per heavy atom. The van der Waals surface area contributed by atoms with E-state index in [4.69, 9.17) is 4.74 Å². The topological polar surface area (TPSA) is 71.5 Å². The predicted molar refractivity (Wildman–Crippen MR) is 102 cm³/mol. The summed E-state index contributed by atoms with van der Waals surface area (Å²) in [6.07, 6.45) is 4.11. The number of anilines is 1. The van der Waals surface area contributed by atoms with Crippen LogP contribution in [0.1, 0.15) is 67.2 Å². The van der Waals surface area contributed by atoms with E-state index in [1.54, 1.807) is 31.9 Å². The average Bonchev–Trinajstić information content (AvgIpc) is 3.03. The minimum atomic E-state index is -0.621. The van der Waals surface area contributed by atoms with Gasteiger partial charge in [0.25, 0.3) is 5.91 Å². The summed E-state index contributed by atoms with van der Waals surface area (Å²) in [7, 11) is 0. The van der Waals surface area contributed by atoms with Crippen LogP contribution < -0.4 is 10.2 Å². The van der Waals surface area contributed by atoms with Crippen molar-refractivity contribution in [3.05, 3.63) is 11.6 Å². The van der Waals surface area contributed by atoms with Gasteiger partial charge in [-0.05, 0) is 40.0 Å². The molecule has 0 saturated carbocycles. The SMILES string of the molecule is CCCC(NC(=O)OC(C)(C)C)C(=O)N(c1nccs1)C(CC)CC. The van der Waals surface area contributed by atoms with Crippen LogP contribution in [0.25, 0.3) is 0 Å². The Hall–Kier alpha value is -1.63. The summed E-state index contributed by atoms with van der Waals surface area (Å²) in [5, 5.41) is 5.27. The van der Waals surface area contributed by atoms with Gasteiger partial charge in [0.15, 0.2) is 5.13 Å². The molecule has 0 bridgehead atoms. The fourth-order valence-corrected chi connectivity index (χ4v) is 3.30. The van der Waals surface area contributed by atoms with Crippen LogP contribution in [0.4, 0.5) is 9.93 Å². The van der Waals surface area contributed by atoms with E-state index in [9.17, 15) is 9.59 Å². The van der Waals surface area contributed by atoms with Crippen LogP contribution in [0.2, 0.25) is 0 Å². The number of hydrogen-bond acceptors (Lipinski definition) is 5. The Labute approximate surface area is 155 Å². The van der Waals surface area contributed by atoms with Crippen molar-refractivity contribution in [2.45, 2.75) is 84.9 Å². The number of rotatable bonds is 8. The predicted octanol–water partition coefficient (Wildman–Crippen LogP) is 4.36. The quantitative estimate of drug-likeness (QED) is 0.739. The maximum atomic E-state index is 13.2. The van der Waals surface area contributed by atoms with Crippen LogP contribution in [0, 0.1) is 0 Å². The Balaban J connectivity index is 3.01. The highest BCUT2D eigenvalue weighted by atomic mass is 32.1. The Kier molecular flexibility index (Phi) is 8.35. The van der Waals surface area contributed by atoms with E-state index in [0.29, 0.717) is 11.6 Å². The molecule has 1 N–H and O–H groups in total. The Morgan fingerprint density at radius 1 is 1.28 bits per heavy atom. The third kappa shape index (κ3) is 6.65. The van der Waals surface area contributed by atoms with Gasteiger partial charge in [0, 0.05) is 17.6 Å². The number of amides is 2. The molecule has 7 heteroatoms. The van der Waals surface area contributed by atoms with E-state index in [-0.39, 0.29) is 11.9 Å². The molecule has 1 unspecified atom stereocenters. The average molecular weight is 370 g/mol. The molecule has 2 amide bonds. The molecular formula is C18H31N3O3S. The lowest BCUT2D eigenvalue weighted by Gasteiger charge is -2.32. The fraction of sp³-hybridized carbons (Fsp3) is 0.722. The van der Waals surface area contributed by atoms with E-state index in [2.05, 4.69) is 24.1 Å². The lowest BCUT2D eigenvalue weighted by Crippen LogP contribution is -2.52. The molecular weight excluding hydrogens is 338 g/mol. The minimum absolute atomic E-state index is 0.0541. The monoisotopic (exact) mass is 369 g/mol. The second kappa shape index (κ2) is 9.75. The maximum absolute atomic E-state index is 13.2. The smallest absolute Gasteiger partial charge is 0.408 e. The molecule has 0 aliphatic carbocycles. The summed E-state index contributed by atoms with van der Waals surface area (Å²) in [6, 6.07) is -0.567. The normalized spacial score (nSPS) is 12.8. The highest BCUT2D eigenvalue weighted by molar-refractivity contribution is 7.13. The van der Waals surface area contributed by atoms with Gasteiger partial charge >= 0.3 is 6.09 Å². The van der Waals surface area contributed by atoms with Crippen LogP contribution >= 0.6 is 11.3 Å². The number of aromatic nitrogens is 1. The third-order valence-electron chi connectivity index (χ3n) is 3.74. The first-order valence-corrected chi connectivity index (χ1v) is 9.83. The number of thiazole rings is 1. The third-order valence-corrected chi connectivity index (χ3v) is 4.51. The zero-order chi connectivity index (χ0) is 19.0. The van der Waals surface area contributed by atoms with Crippen LogP contribution in [-0.4, -0.2) is 34.7 Å². The van der Waals surface area contributed by atoms with Crippen LogP contribution in [0.5, 0.6) is 0 Å². The number of hydrogen-bond donors (Lipinski definition) is 1. The van der Waals surface area contributed by atoms with Crippen molar-refractivity contribution >= 4 is 28.5 Å². The highest BCUT2D eigenvalue weighted by Gasteiger charge is 2.32. The summed E-state index contributed by atoms with van der Waals surface area (Å²) in [5.74, 6) is -0.128. The molecule has 25 heavy (non-hydrogen) atoms. The van der Waals surface area contributed by atoms with Gasteiger partial charge < -0.3 is 10.1 Å². The zero-order valence-electron chi connectivity index (χ0n) is 16.2. The van der Waals surface area contributed by atoms with Gasteiger partial charge in [0.05, 0.1) is 0 Å². The van der Waals surface area contributed by atoms with Crippen LogP contribution in [0.3, 0.4) is 0 Å². The van der Waals surface area contributed by atoms with Crippen LogP contribution in [0.15, 0.2) is 11.6 Å². The van der Waals surface area contributed by atoms with Gasteiger partial charge in [-0.1, -0.05) is 27.2 Å². The van der Waals surface area contributed by atoms with E-state index in [1.807, 2.05) is 12.3 Å². The molecule has 1 atom stereocenters. The van der Waals surface area contributed by atoms with Crippen molar-refractivity contribution in [3.8, 4) is 0 Å². The molecule has 0 aliphatic rings. The number of ether oxygens (including phenoxy) is 1. The standard InChI is InChI=1S/C18H31N3O3S/c1-7-10-14(20-17(23)24-18(4,5)6)15(22)21(13(8-2)9-3)16-19-11-12-25-16/h11-14H,7-10H2,1-6H3,(H,20,23). The second-order valence-corrected chi connectivity index (χ2v) is 7.85. The van der Waals surface area contributed by atoms with Gasteiger partial charge in [0.1, 0.15) is 11.6 Å². The fourth-order valence-electron chi connectivity index (χ4n) is 2.58. The minimum Gasteiger partial charge on any atom is -0.444 e. The van der Waals surface area contributed by atoms with Gasteiger partial charge in [-0.15, -0.1) is 11.3 Å². The zero-order valence-corrected chi connectivity index (χ0v) is 17.0. The van der Waals surface area contributed by atoms with Crippen molar-refractivity contribution < 1.29 is 14.3 Å². The van der Waals surface area contributed by atoms with Crippen LogP contribution in [-0.2, 0) is 9.53 Å². The number of carbonyl (C=O) groups is 2. The molecule has 1 heterocycles. The van der Waals surface area contributed by atoms with Gasteiger partial charge in [0.2, 0.25) is 0 Å². The molecule has 0 saturated heterocycles. The lowest BCUT2D eigenvalue weighted by molar-refractivity contribution is -0.121. The van der Waals surface area contributed by atoms with Gasteiger partial charge in [-0.2, -0.15) is 0 Å². The van der Waals surface area contributed by atoms with Crippen molar-refractivity contribution in [2.75, 3.05) is 4.90 Å². The first-order chi connectivity index (χ1) is 11.7. The molecule has 6 nitrogen and oxygen atoms in total. The van der Waals surface area contributed by atoms with E-state index >= 15 is 0 Å². The number of nitrogens with one attached hydrogen (secondary N) is 1. The van der Waals surface area contributed by atoms with Gasteiger partial charge in [-0.25, -0.2) is 9.78 Å². The first-order valence-electron chi connectivity index (χ1n) is 8.95. The molecule has 0 radical (unpaired) electrons. The molecule has 1 aromatic heterocycles. The van der Waals surface area contributed by atoms with E-state index in [0.717, 1.165) is 19.3 Å². The number of alkyl carbamates (subject to hydrolysis) is 1. The van der Waals surface area contributed by atoms with E-state index < -0.39 is 17.7 Å². The molecule has 0 aliphatic heterocycles. The number of carbonyl (C=O) groups excluding carboxylic acids is 2.